The predicted molar refractivity (Wildman–Crippen MR) is 95.8 cm³/mol. The third-order valence-corrected chi connectivity index (χ3v) is 4.28. The van der Waals surface area contributed by atoms with E-state index in [1.165, 1.54) is 5.57 Å². The molecule has 132 valence electrons. The van der Waals surface area contributed by atoms with E-state index in [0.717, 1.165) is 43.4 Å². The zero-order chi connectivity index (χ0) is 17.6. The first-order valence-electron chi connectivity index (χ1n) is 8.78. The lowest BCUT2D eigenvalue weighted by molar-refractivity contribution is -0.155. The van der Waals surface area contributed by atoms with Gasteiger partial charge in [0.1, 0.15) is 11.4 Å². The number of hydrogen-bond donors (Lipinski definition) is 0. The van der Waals surface area contributed by atoms with E-state index in [1.54, 1.807) is 13.3 Å². The maximum Gasteiger partial charge on any atom is 0.306 e. The number of methoxy groups -OCH3 is 1. The quantitative estimate of drug-likeness (QED) is 0.728. The second-order valence-corrected chi connectivity index (χ2v) is 7.42. The van der Waals surface area contributed by atoms with Crippen molar-refractivity contribution >= 4 is 11.5 Å². The minimum Gasteiger partial charge on any atom is -0.496 e. The molecule has 1 aromatic heterocycles. The molecule has 1 aliphatic rings. The van der Waals surface area contributed by atoms with Crippen molar-refractivity contribution in [3.05, 3.63) is 30.1 Å². The molecule has 1 atom stereocenters. The van der Waals surface area contributed by atoms with Gasteiger partial charge in [0.2, 0.25) is 0 Å². The maximum absolute atomic E-state index is 11.9. The average molecular weight is 331 g/mol. The number of carbonyl (C=O) groups excluding carboxylic acids is 1. The number of esters is 1. The Morgan fingerprint density at radius 2 is 2.17 bits per heavy atom. The van der Waals surface area contributed by atoms with Crippen molar-refractivity contribution in [3.63, 3.8) is 0 Å². The van der Waals surface area contributed by atoms with E-state index in [-0.39, 0.29) is 5.97 Å². The Morgan fingerprint density at radius 1 is 1.38 bits per heavy atom. The van der Waals surface area contributed by atoms with Gasteiger partial charge in [0, 0.05) is 24.4 Å². The smallest absolute Gasteiger partial charge is 0.306 e. The average Bonchev–Trinajstić information content (AvgIpc) is 2.77. The first kappa shape index (κ1) is 18.5. The van der Waals surface area contributed by atoms with Crippen LogP contribution in [0.15, 0.2) is 24.5 Å². The monoisotopic (exact) mass is 331 g/mol. The van der Waals surface area contributed by atoms with Crippen molar-refractivity contribution in [2.75, 3.05) is 7.11 Å². The van der Waals surface area contributed by atoms with Gasteiger partial charge in [-0.1, -0.05) is 6.08 Å². The summed E-state index contributed by atoms with van der Waals surface area (Å²) in [6, 6.07) is 1.90. The van der Waals surface area contributed by atoms with Crippen LogP contribution in [0.5, 0.6) is 5.75 Å². The Kier molecular flexibility index (Phi) is 6.41. The van der Waals surface area contributed by atoms with E-state index in [4.69, 9.17) is 9.47 Å². The topological polar surface area (TPSA) is 48.4 Å². The van der Waals surface area contributed by atoms with Crippen molar-refractivity contribution in [1.29, 1.82) is 0 Å². The Morgan fingerprint density at radius 3 is 2.88 bits per heavy atom. The van der Waals surface area contributed by atoms with Crippen LogP contribution in [0.1, 0.15) is 64.9 Å². The van der Waals surface area contributed by atoms with E-state index in [2.05, 4.69) is 11.1 Å². The number of rotatable bonds is 5. The van der Waals surface area contributed by atoms with Crippen LogP contribution >= 0.6 is 0 Å². The van der Waals surface area contributed by atoms with Crippen molar-refractivity contribution < 1.29 is 14.3 Å². The molecule has 0 N–H and O–H groups in total. The minimum atomic E-state index is -0.398. The fourth-order valence-corrected chi connectivity index (χ4v) is 3.13. The Bertz CT molecular complexity index is 587. The molecule has 0 spiro atoms. The highest BCUT2D eigenvalue weighted by atomic mass is 16.6. The first-order valence-corrected chi connectivity index (χ1v) is 8.78. The molecule has 24 heavy (non-hydrogen) atoms. The predicted octanol–water partition coefficient (Wildman–Crippen LogP) is 4.79. The summed E-state index contributed by atoms with van der Waals surface area (Å²) in [5.74, 6) is 1.33. The molecular formula is C20H29NO3. The summed E-state index contributed by atoms with van der Waals surface area (Å²) >= 11 is 0. The third-order valence-electron chi connectivity index (χ3n) is 4.28. The first-order chi connectivity index (χ1) is 11.4. The van der Waals surface area contributed by atoms with E-state index < -0.39 is 5.60 Å². The number of nitrogens with zero attached hydrogens (tertiary/aromatic N) is 1. The molecule has 1 aromatic rings. The number of hydrogen-bond acceptors (Lipinski definition) is 4. The van der Waals surface area contributed by atoms with Gasteiger partial charge >= 0.3 is 5.97 Å². The van der Waals surface area contributed by atoms with E-state index >= 15 is 0 Å². The summed E-state index contributed by atoms with van der Waals surface area (Å²) in [6.45, 7) is 5.73. The second-order valence-electron chi connectivity index (χ2n) is 7.42. The summed E-state index contributed by atoms with van der Waals surface area (Å²) in [5.41, 5.74) is 2.00. The van der Waals surface area contributed by atoms with Gasteiger partial charge in [-0.3, -0.25) is 9.78 Å². The van der Waals surface area contributed by atoms with E-state index in [0.29, 0.717) is 12.3 Å². The summed E-state index contributed by atoms with van der Waals surface area (Å²) < 4.78 is 10.9. The lowest BCUT2D eigenvalue weighted by Crippen LogP contribution is -2.24. The molecule has 1 aliphatic carbocycles. The highest BCUT2D eigenvalue weighted by molar-refractivity contribution is 5.70. The lowest BCUT2D eigenvalue weighted by atomic mass is 9.95. The van der Waals surface area contributed by atoms with Gasteiger partial charge in [-0.2, -0.15) is 0 Å². The van der Waals surface area contributed by atoms with Crippen LogP contribution in [0, 0.1) is 5.92 Å². The van der Waals surface area contributed by atoms with Crippen molar-refractivity contribution in [2.24, 2.45) is 5.92 Å². The van der Waals surface area contributed by atoms with Gasteiger partial charge in [-0.15, -0.1) is 0 Å². The molecule has 4 heteroatoms. The van der Waals surface area contributed by atoms with Crippen molar-refractivity contribution in [1.82, 2.24) is 4.98 Å². The lowest BCUT2D eigenvalue weighted by Gasteiger charge is -2.20. The Hall–Kier alpha value is -1.84. The number of allylic oxidation sites excluding steroid dienone is 2. The van der Waals surface area contributed by atoms with E-state index in [9.17, 15) is 4.79 Å². The number of ether oxygens (including phenoxy) is 2. The molecule has 4 nitrogen and oxygen atoms in total. The maximum atomic E-state index is 11.9. The molecule has 0 saturated heterocycles. The van der Waals surface area contributed by atoms with Gasteiger partial charge < -0.3 is 9.47 Å². The highest BCUT2D eigenvalue weighted by Gasteiger charge is 2.20. The fourth-order valence-electron chi connectivity index (χ4n) is 3.13. The molecular weight excluding hydrogens is 302 g/mol. The molecule has 0 aromatic carbocycles. The van der Waals surface area contributed by atoms with Crippen LogP contribution in [0.4, 0.5) is 0 Å². The van der Waals surface area contributed by atoms with Crippen LogP contribution in [0.25, 0.3) is 5.57 Å². The molecule has 1 unspecified atom stereocenters. The van der Waals surface area contributed by atoms with Crippen LogP contribution in [0.2, 0.25) is 0 Å². The molecule has 0 amide bonds. The molecule has 0 saturated carbocycles. The van der Waals surface area contributed by atoms with Gasteiger partial charge in [-0.25, -0.2) is 0 Å². The molecule has 0 fully saturated rings. The van der Waals surface area contributed by atoms with Crippen molar-refractivity contribution in [2.45, 2.75) is 64.9 Å². The molecule has 0 radical (unpaired) electrons. The highest BCUT2D eigenvalue weighted by Crippen LogP contribution is 2.34. The largest absolute Gasteiger partial charge is 0.496 e. The van der Waals surface area contributed by atoms with Crippen molar-refractivity contribution in [3.8, 4) is 5.75 Å². The number of carbonyl (C=O) groups is 1. The SMILES string of the molecule is COc1ccncc1C1=CCC(CCC(=O)OC(C)(C)C)CCC1. The zero-order valence-electron chi connectivity index (χ0n) is 15.3. The van der Waals surface area contributed by atoms with Crippen LogP contribution < -0.4 is 4.74 Å². The summed E-state index contributed by atoms with van der Waals surface area (Å²) in [4.78, 5) is 16.1. The second kappa shape index (κ2) is 8.32. The van der Waals surface area contributed by atoms with Crippen LogP contribution in [-0.2, 0) is 9.53 Å². The van der Waals surface area contributed by atoms with Gasteiger partial charge in [0.25, 0.3) is 0 Å². The van der Waals surface area contributed by atoms with Gasteiger partial charge in [0.05, 0.1) is 7.11 Å². The standard InChI is InChI=1S/C20H29NO3/c1-20(2,3)24-19(22)11-9-15-6-5-7-16(10-8-15)17-14-21-13-12-18(17)23-4/h10,12-15H,5-9,11H2,1-4H3. The summed E-state index contributed by atoms with van der Waals surface area (Å²) in [7, 11) is 1.69. The van der Waals surface area contributed by atoms with Crippen LogP contribution in [0.3, 0.4) is 0 Å². The third kappa shape index (κ3) is 5.66. The normalized spacial score (nSPS) is 18.5. The van der Waals surface area contributed by atoms with E-state index in [1.807, 2.05) is 33.0 Å². The van der Waals surface area contributed by atoms with Gasteiger partial charge in [0.15, 0.2) is 0 Å². The fraction of sp³-hybridized carbons (Fsp3) is 0.600. The molecule has 0 aliphatic heterocycles. The minimum absolute atomic E-state index is 0.0927. The molecule has 2 rings (SSSR count). The Labute approximate surface area is 145 Å². The zero-order valence-corrected chi connectivity index (χ0v) is 15.3. The molecule has 0 bridgehead atoms. The van der Waals surface area contributed by atoms with Crippen LogP contribution in [-0.4, -0.2) is 23.7 Å². The molecule has 1 heterocycles. The summed E-state index contributed by atoms with van der Waals surface area (Å²) in [6.07, 6.45) is 11.6. The number of pyridine rings is 1. The Balaban J connectivity index is 1.94. The summed E-state index contributed by atoms with van der Waals surface area (Å²) in [5, 5.41) is 0. The van der Waals surface area contributed by atoms with Gasteiger partial charge in [-0.05, 0) is 70.4 Å². The number of aromatic nitrogens is 1.